The summed E-state index contributed by atoms with van der Waals surface area (Å²) in [7, 11) is 0. The molecule has 0 unspecified atom stereocenters. The van der Waals surface area contributed by atoms with Crippen LogP contribution >= 0.6 is 0 Å². The van der Waals surface area contributed by atoms with E-state index >= 15 is 0 Å². The molecule has 1 aromatic heterocycles. The Kier molecular flexibility index (Phi) is 6.07. The monoisotopic (exact) mass is 331 g/mol. The average Bonchev–Trinajstić information content (AvgIpc) is 2.58. The number of benzene rings is 1. The standard InChI is InChI=1S/C16H17N3O5/c20-14-8-7-13(18-19-14)16(23)17-10-11-3-5-12(6-4-11)24-9-1-2-15(21)22/h3-8H,1-2,9-10H2,(H,17,23)(H,19,20)(H,21,22). The van der Waals surface area contributed by atoms with Crippen LogP contribution in [0.1, 0.15) is 28.9 Å². The van der Waals surface area contributed by atoms with E-state index in [0.29, 0.717) is 25.3 Å². The molecule has 0 saturated carbocycles. The van der Waals surface area contributed by atoms with Gasteiger partial charge in [-0.2, -0.15) is 5.10 Å². The molecule has 1 heterocycles. The van der Waals surface area contributed by atoms with Crippen LogP contribution in [0.3, 0.4) is 0 Å². The van der Waals surface area contributed by atoms with Crippen molar-refractivity contribution in [2.24, 2.45) is 0 Å². The second-order valence-electron chi connectivity index (χ2n) is 4.98. The van der Waals surface area contributed by atoms with Crippen molar-refractivity contribution in [3.05, 3.63) is 58.0 Å². The van der Waals surface area contributed by atoms with E-state index < -0.39 is 5.97 Å². The van der Waals surface area contributed by atoms with E-state index in [-0.39, 0.29) is 23.6 Å². The predicted octanol–water partition coefficient (Wildman–Crippen LogP) is 0.943. The summed E-state index contributed by atoms with van der Waals surface area (Å²) in [6.07, 6.45) is 0.516. The molecule has 1 amide bonds. The molecule has 0 spiro atoms. The number of aromatic nitrogens is 2. The Labute approximate surface area is 137 Å². The zero-order chi connectivity index (χ0) is 17.4. The molecular formula is C16H17N3O5. The molecule has 0 fully saturated rings. The summed E-state index contributed by atoms with van der Waals surface area (Å²) in [5, 5.41) is 17.1. The second kappa shape index (κ2) is 8.47. The number of rotatable bonds is 8. The first-order valence-corrected chi connectivity index (χ1v) is 7.32. The second-order valence-corrected chi connectivity index (χ2v) is 4.98. The highest BCUT2D eigenvalue weighted by molar-refractivity contribution is 5.91. The Bertz CT molecular complexity index is 735. The molecule has 0 aliphatic rings. The molecule has 8 nitrogen and oxygen atoms in total. The molecule has 0 radical (unpaired) electrons. The van der Waals surface area contributed by atoms with Crippen molar-refractivity contribution in [3.8, 4) is 5.75 Å². The molecule has 0 saturated heterocycles. The predicted molar refractivity (Wildman–Crippen MR) is 84.8 cm³/mol. The lowest BCUT2D eigenvalue weighted by Gasteiger charge is -2.07. The van der Waals surface area contributed by atoms with E-state index in [1.807, 2.05) is 0 Å². The number of hydrogen-bond acceptors (Lipinski definition) is 5. The number of carbonyl (C=O) groups is 2. The molecule has 0 aliphatic heterocycles. The van der Waals surface area contributed by atoms with E-state index in [9.17, 15) is 14.4 Å². The van der Waals surface area contributed by atoms with Crippen molar-refractivity contribution in [1.82, 2.24) is 15.5 Å². The van der Waals surface area contributed by atoms with E-state index in [2.05, 4.69) is 15.5 Å². The van der Waals surface area contributed by atoms with Crippen molar-refractivity contribution >= 4 is 11.9 Å². The lowest BCUT2D eigenvalue weighted by Crippen LogP contribution is -2.25. The Morgan fingerprint density at radius 3 is 2.54 bits per heavy atom. The molecule has 1 aromatic carbocycles. The van der Waals surface area contributed by atoms with Crippen molar-refractivity contribution < 1.29 is 19.4 Å². The van der Waals surface area contributed by atoms with Gasteiger partial charge in [-0.15, -0.1) is 0 Å². The maximum atomic E-state index is 11.9. The zero-order valence-corrected chi connectivity index (χ0v) is 12.8. The van der Waals surface area contributed by atoms with Gasteiger partial charge in [0.2, 0.25) is 0 Å². The highest BCUT2D eigenvalue weighted by Crippen LogP contribution is 2.12. The zero-order valence-electron chi connectivity index (χ0n) is 12.8. The third-order valence-electron chi connectivity index (χ3n) is 3.09. The van der Waals surface area contributed by atoms with Crippen molar-refractivity contribution in [2.75, 3.05) is 6.61 Å². The van der Waals surface area contributed by atoms with Gasteiger partial charge in [0, 0.05) is 19.0 Å². The van der Waals surface area contributed by atoms with Gasteiger partial charge in [0.15, 0.2) is 0 Å². The summed E-state index contributed by atoms with van der Waals surface area (Å²) >= 11 is 0. The third kappa shape index (κ3) is 5.56. The van der Waals surface area contributed by atoms with Crippen LogP contribution < -0.4 is 15.6 Å². The van der Waals surface area contributed by atoms with Crippen molar-refractivity contribution in [2.45, 2.75) is 19.4 Å². The number of aromatic amines is 1. The maximum Gasteiger partial charge on any atom is 0.303 e. The van der Waals surface area contributed by atoms with Crippen LogP contribution in [0.4, 0.5) is 0 Å². The quantitative estimate of drug-likeness (QED) is 0.619. The molecule has 2 rings (SSSR count). The third-order valence-corrected chi connectivity index (χ3v) is 3.09. The molecule has 0 aliphatic carbocycles. The molecule has 8 heteroatoms. The van der Waals surface area contributed by atoms with E-state index in [1.54, 1.807) is 24.3 Å². The molecule has 2 aromatic rings. The summed E-state index contributed by atoms with van der Waals surface area (Å²) in [6.45, 7) is 0.638. The van der Waals surface area contributed by atoms with E-state index in [1.165, 1.54) is 12.1 Å². The van der Waals surface area contributed by atoms with Crippen molar-refractivity contribution in [3.63, 3.8) is 0 Å². The Morgan fingerprint density at radius 1 is 1.17 bits per heavy atom. The molecule has 3 N–H and O–H groups in total. The van der Waals surface area contributed by atoms with Gasteiger partial charge in [0.05, 0.1) is 6.61 Å². The van der Waals surface area contributed by atoms with Crippen LogP contribution in [0.5, 0.6) is 5.75 Å². The first-order valence-electron chi connectivity index (χ1n) is 7.32. The Balaban J connectivity index is 1.79. The fourth-order valence-corrected chi connectivity index (χ4v) is 1.86. The van der Waals surface area contributed by atoms with Crippen LogP contribution in [0.15, 0.2) is 41.2 Å². The van der Waals surface area contributed by atoms with Gasteiger partial charge in [0.1, 0.15) is 11.4 Å². The van der Waals surface area contributed by atoms with Gasteiger partial charge in [0.25, 0.3) is 11.5 Å². The van der Waals surface area contributed by atoms with Gasteiger partial charge in [-0.25, -0.2) is 5.10 Å². The lowest BCUT2D eigenvalue weighted by atomic mass is 10.2. The van der Waals surface area contributed by atoms with Crippen LogP contribution in [0.2, 0.25) is 0 Å². The minimum Gasteiger partial charge on any atom is -0.494 e. The highest BCUT2D eigenvalue weighted by Gasteiger charge is 2.07. The minimum atomic E-state index is -0.846. The van der Waals surface area contributed by atoms with Gasteiger partial charge < -0.3 is 15.2 Å². The van der Waals surface area contributed by atoms with Gasteiger partial charge in [-0.3, -0.25) is 14.4 Å². The van der Waals surface area contributed by atoms with Gasteiger partial charge in [-0.05, 0) is 30.2 Å². The molecule has 126 valence electrons. The number of nitrogens with one attached hydrogen (secondary N) is 2. The maximum absolute atomic E-state index is 11.9. The number of H-pyrrole nitrogens is 1. The number of hydrogen-bond donors (Lipinski definition) is 3. The number of nitrogens with zero attached hydrogens (tertiary/aromatic N) is 1. The summed E-state index contributed by atoms with van der Waals surface area (Å²) < 4.78 is 5.42. The molecular weight excluding hydrogens is 314 g/mol. The van der Waals surface area contributed by atoms with E-state index in [4.69, 9.17) is 9.84 Å². The number of carbonyl (C=O) groups excluding carboxylic acids is 1. The number of carboxylic acids is 1. The average molecular weight is 331 g/mol. The Morgan fingerprint density at radius 2 is 1.92 bits per heavy atom. The largest absolute Gasteiger partial charge is 0.494 e. The highest BCUT2D eigenvalue weighted by atomic mass is 16.5. The van der Waals surface area contributed by atoms with Crippen LogP contribution in [-0.4, -0.2) is 33.8 Å². The van der Waals surface area contributed by atoms with Crippen LogP contribution in [0, 0.1) is 0 Å². The number of aliphatic carboxylic acids is 1. The lowest BCUT2D eigenvalue weighted by molar-refractivity contribution is -0.137. The van der Waals surface area contributed by atoms with E-state index in [0.717, 1.165) is 5.56 Å². The molecule has 0 bridgehead atoms. The van der Waals surface area contributed by atoms with Gasteiger partial charge in [-0.1, -0.05) is 12.1 Å². The number of amides is 1. The first-order chi connectivity index (χ1) is 11.5. The fourth-order valence-electron chi connectivity index (χ4n) is 1.86. The fraction of sp³-hybridized carbons (Fsp3) is 0.250. The molecule has 0 atom stereocenters. The first kappa shape index (κ1) is 17.2. The topological polar surface area (TPSA) is 121 Å². The molecule has 24 heavy (non-hydrogen) atoms. The normalized spacial score (nSPS) is 10.2. The van der Waals surface area contributed by atoms with Crippen LogP contribution in [0.25, 0.3) is 0 Å². The SMILES string of the molecule is O=C(O)CCCOc1ccc(CNC(=O)c2ccc(=O)[nH]n2)cc1. The summed E-state index contributed by atoms with van der Waals surface area (Å²) in [5.41, 5.74) is 0.629. The number of carboxylic acid groups (broad SMARTS) is 1. The smallest absolute Gasteiger partial charge is 0.303 e. The van der Waals surface area contributed by atoms with Gasteiger partial charge >= 0.3 is 5.97 Å². The number of ether oxygens (including phenoxy) is 1. The minimum absolute atomic E-state index is 0.0723. The van der Waals surface area contributed by atoms with Crippen molar-refractivity contribution in [1.29, 1.82) is 0 Å². The Hall–Kier alpha value is -3.16. The summed E-state index contributed by atoms with van der Waals surface area (Å²) in [5.74, 6) is -0.598. The summed E-state index contributed by atoms with van der Waals surface area (Å²) in [4.78, 5) is 33.1. The summed E-state index contributed by atoms with van der Waals surface area (Å²) in [6, 6.07) is 9.68. The van der Waals surface area contributed by atoms with Crippen LogP contribution in [-0.2, 0) is 11.3 Å².